The largest absolute Gasteiger partial charge is 0.496 e. The van der Waals surface area contributed by atoms with Gasteiger partial charge in [0.05, 0.1) is 31.7 Å². The molecule has 2 aromatic rings. The number of hydrogen-bond donors (Lipinski definition) is 1. The number of hydrogen-bond acceptors (Lipinski definition) is 5. The third kappa shape index (κ3) is 6.88. The van der Waals surface area contributed by atoms with Gasteiger partial charge in [0.1, 0.15) is 11.5 Å². The molecule has 1 N–H and O–H groups in total. The van der Waals surface area contributed by atoms with Gasteiger partial charge in [-0.2, -0.15) is 0 Å². The van der Waals surface area contributed by atoms with E-state index in [1.54, 1.807) is 31.4 Å². The number of rotatable bonds is 12. The van der Waals surface area contributed by atoms with Gasteiger partial charge in [0.25, 0.3) is 0 Å². The predicted octanol–water partition coefficient (Wildman–Crippen LogP) is 4.22. The third-order valence-corrected chi connectivity index (χ3v) is 6.34. The van der Waals surface area contributed by atoms with Crippen molar-refractivity contribution in [2.45, 2.75) is 46.1 Å². The van der Waals surface area contributed by atoms with Crippen LogP contribution in [-0.4, -0.2) is 40.8 Å². The van der Waals surface area contributed by atoms with Crippen LogP contribution in [-0.2, 0) is 14.8 Å². The lowest BCUT2D eigenvalue weighted by Crippen LogP contribution is -2.33. The molecule has 2 rings (SSSR count). The summed E-state index contributed by atoms with van der Waals surface area (Å²) in [6.45, 7) is 6.45. The Morgan fingerprint density at radius 3 is 2.44 bits per heavy atom. The molecule has 1 amide bonds. The van der Waals surface area contributed by atoms with E-state index in [9.17, 15) is 13.2 Å². The average Bonchev–Trinajstić information content (AvgIpc) is 2.75. The van der Waals surface area contributed by atoms with Gasteiger partial charge in [-0.05, 0) is 56.0 Å². The molecule has 0 aliphatic rings. The number of carbonyl (C=O) groups is 1. The lowest BCUT2D eigenvalue weighted by molar-refractivity contribution is -0.121. The van der Waals surface area contributed by atoms with Crippen molar-refractivity contribution in [3.05, 3.63) is 53.6 Å². The Morgan fingerprint density at radius 1 is 1.12 bits per heavy atom. The van der Waals surface area contributed by atoms with Crippen molar-refractivity contribution in [1.82, 2.24) is 5.32 Å². The molecule has 0 heterocycles. The predicted molar refractivity (Wildman–Crippen MR) is 128 cm³/mol. The van der Waals surface area contributed by atoms with E-state index in [1.165, 1.54) is 4.31 Å². The molecule has 0 fully saturated rings. The molecule has 0 aliphatic heterocycles. The Labute approximate surface area is 191 Å². The van der Waals surface area contributed by atoms with Gasteiger partial charge in [0, 0.05) is 13.0 Å². The molecular weight excluding hydrogens is 428 g/mol. The van der Waals surface area contributed by atoms with E-state index >= 15 is 0 Å². The van der Waals surface area contributed by atoms with Crippen molar-refractivity contribution in [3.63, 3.8) is 0 Å². The number of sulfonamides is 1. The molecule has 0 spiro atoms. The van der Waals surface area contributed by atoms with E-state index in [0.717, 1.165) is 29.6 Å². The fraction of sp³-hybridized carbons (Fsp3) is 0.458. The summed E-state index contributed by atoms with van der Waals surface area (Å²) in [6.07, 6.45) is 2.51. The van der Waals surface area contributed by atoms with Crippen LogP contribution in [0.3, 0.4) is 0 Å². The Hall–Kier alpha value is -2.74. The summed E-state index contributed by atoms with van der Waals surface area (Å²) < 4.78 is 37.0. The third-order valence-electron chi connectivity index (χ3n) is 5.16. The Morgan fingerprint density at radius 2 is 1.84 bits per heavy atom. The van der Waals surface area contributed by atoms with Gasteiger partial charge >= 0.3 is 0 Å². The van der Waals surface area contributed by atoms with E-state index < -0.39 is 10.0 Å². The zero-order chi connectivity index (χ0) is 23.7. The Balaban J connectivity index is 2.03. The second-order valence-corrected chi connectivity index (χ2v) is 9.50. The van der Waals surface area contributed by atoms with Crippen LogP contribution < -0.4 is 19.1 Å². The number of amides is 1. The highest BCUT2D eigenvalue weighted by Crippen LogP contribution is 2.30. The number of nitrogens with zero attached hydrogens (tertiary/aromatic N) is 1. The molecule has 0 aliphatic carbocycles. The van der Waals surface area contributed by atoms with Crippen LogP contribution in [0.15, 0.2) is 42.5 Å². The van der Waals surface area contributed by atoms with Crippen molar-refractivity contribution >= 4 is 21.6 Å². The molecule has 8 heteroatoms. The molecule has 0 saturated carbocycles. The maximum absolute atomic E-state index is 12.6. The van der Waals surface area contributed by atoms with E-state index in [4.69, 9.17) is 9.47 Å². The Bertz CT molecular complexity index is 1010. The van der Waals surface area contributed by atoms with E-state index in [0.29, 0.717) is 24.5 Å². The number of para-hydroxylation sites is 2. The number of anilines is 1. The molecule has 0 radical (unpaired) electrons. The van der Waals surface area contributed by atoms with E-state index in [1.807, 2.05) is 39.0 Å². The number of carbonyl (C=O) groups excluding carboxylic acids is 1. The fourth-order valence-corrected chi connectivity index (χ4v) is 4.56. The molecule has 1 atom stereocenters. The highest BCUT2D eigenvalue weighted by molar-refractivity contribution is 7.92. The summed E-state index contributed by atoms with van der Waals surface area (Å²) in [5.74, 6) is 1.20. The first-order valence-corrected chi connectivity index (χ1v) is 12.7. The SMILES string of the molecule is CCOc1ccccc1N(CCCC(=O)N[C@@H](CC)c1ccc(OC)c(C)c1)S(C)(=O)=O. The molecule has 0 bridgehead atoms. The normalized spacial score (nSPS) is 12.2. The molecule has 32 heavy (non-hydrogen) atoms. The standard InChI is InChI=1S/C24H34N2O5S/c1-6-20(19-14-15-22(30-4)18(3)17-19)25-24(27)13-10-16-26(32(5,28)29)21-11-8-9-12-23(21)31-7-2/h8-9,11-12,14-15,17,20H,6-7,10,13,16H2,1-5H3,(H,25,27)/t20-/m0/s1. The highest BCUT2D eigenvalue weighted by Gasteiger charge is 2.21. The number of nitrogens with one attached hydrogen (secondary N) is 1. The summed E-state index contributed by atoms with van der Waals surface area (Å²) in [5, 5.41) is 3.06. The van der Waals surface area contributed by atoms with Crippen LogP contribution >= 0.6 is 0 Å². The summed E-state index contributed by atoms with van der Waals surface area (Å²) in [5.41, 5.74) is 2.51. The second-order valence-electron chi connectivity index (χ2n) is 7.60. The van der Waals surface area contributed by atoms with Crippen LogP contribution in [0.2, 0.25) is 0 Å². The van der Waals surface area contributed by atoms with Crippen LogP contribution in [0, 0.1) is 6.92 Å². The number of methoxy groups -OCH3 is 1. The maximum Gasteiger partial charge on any atom is 0.232 e. The quantitative estimate of drug-likeness (QED) is 0.511. The van der Waals surface area contributed by atoms with Gasteiger partial charge in [-0.1, -0.05) is 31.2 Å². The van der Waals surface area contributed by atoms with Gasteiger partial charge < -0.3 is 14.8 Å². The minimum atomic E-state index is -3.53. The number of benzene rings is 2. The minimum Gasteiger partial charge on any atom is -0.496 e. The second kappa shape index (κ2) is 11.8. The number of ether oxygens (including phenoxy) is 2. The summed E-state index contributed by atoms with van der Waals surface area (Å²) in [6, 6.07) is 12.8. The van der Waals surface area contributed by atoms with Crippen molar-refractivity contribution < 1.29 is 22.7 Å². The van der Waals surface area contributed by atoms with Crippen molar-refractivity contribution in [1.29, 1.82) is 0 Å². The summed E-state index contributed by atoms with van der Waals surface area (Å²) in [7, 11) is -1.90. The maximum atomic E-state index is 12.6. The minimum absolute atomic E-state index is 0.114. The van der Waals surface area contributed by atoms with Gasteiger partial charge in [-0.25, -0.2) is 8.42 Å². The van der Waals surface area contributed by atoms with Gasteiger partial charge in [-0.3, -0.25) is 9.10 Å². The van der Waals surface area contributed by atoms with Crippen molar-refractivity contribution in [2.24, 2.45) is 0 Å². The van der Waals surface area contributed by atoms with Crippen LogP contribution in [0.1, 0.15) is 50.3 Å². The zero-order valence-corrected chi connectivity index (χ0v) is 20.4. The van der Waals surface area contributed by atoms with E-state index in [-0.39, 0.29) is 24.9 Å². The first-order valence-electron chi connectivity index (χ1n) is 10.8. The Kier molecular flexibility index (Phi) is 9.38. The zero-order valence-electron chi connectivity index (χ0n) is 19.6. The number of aryl methyl sites for hydroxylation is 1. The first-order chi connectivity index (χ1) is 15.2. The topological polar surface area (TPSA) is 84.9 Å². The first kappa shape index (κ1) is 25.5. The van der Waals surface area contributed by atoms with Crippen LogP contribution in [0.25, 0.3) is 0 Å². The van der Waals surface area contributed by atoms with E-state index in [2.05, 4.69) is 5.32 Å². The molecule has 7 nitrogen and oxygen atoms in total. The van der Waals surface area contributed by atoms with Crippen LogP contribution in [0.4, 0.5) is 5.69 Å². The van der Waals surface area contributed by atoms with Gasteiger partial charge in [-0.15, -0.1) is 0 Å². The molecule has 176 valence electrons. The van der Waals surface area contributed by atoms with Gasteiger partial charge in [0.2, 0.25) is 15.9 Å². The molecular formula is C24H34N2O5S. The van der Waals surface area contributed by atoms with Crippen LogP contribution in [0.5, 0.6) is 11.5 Å². The molecule has 0 saturated heterocycles. The molecule has 2 aromatic carbocycles. The lowest BCUT2D eigenvalue weighted by Gasteiger charge is -2.25. The molecule has 0 aromatic heterocycles. The van der Waals surface area contributed by atoms with Crippen molar-refractivity contribution in [3.8, 4) is 11.5 Å². The lowest BCUT2D eigenvalue weighted by atomic mass is 10.0. The summed E-state index contributed by atoms with van der Waals surface area (Å²) in [4.78, 5) is 12.6. The summed E-state index contributed by atoms with van der Waals surface area (Å²) >= 11 is 0. The smallest absolute Gasteiger partial charge is 0.232 e. The highest BCUT2D eigenvalue weighted by atomic mass is 32.2. The average molecular weight is 463 g/mol. The fourth-order valence-electron chi connectivity index (χ4n) is 3.59. The van der Waals surface area contributed by atoms with Crippen molar-refractivity contribution in [2.75, 3.05) is 30.8 Å². The van der Waals surface area contributed by atoms with Gasteiger partial charge in [0.15, 0.2) is 0 Å². The monoisotopic (exact) mass is 462 g/mol. The molecule has 0 unspecified atom stereocenters.